The van der Waals surface area contributed by atoms with Crippen molar-refractivity contribution in [2.45, 2.75) is 0 Å². The Kier molecular flexibility index (Phi) is 3.51. The highest BCUT2D eigenvalue weighted by Crippen LogP contribution is 2.42. The number of nitrogens with one attached hydrogen (secondary N) is 2. The van der Waals surface area contributed by atoms with Gasteiger partial charge in [0.05, 0.1) is 27.4 Å². The lowest BCUT2D eigenvalue weighted by molar-refractivity contribution is -0.384. The maximum Gasteiger partial charge on any atom is 0.271 e. The van der Waals surface area contributed by atoms with Gasteiger partial charge in [0.2, 0.25) is 0 Å². The molecule has 24 heavy (non-hydrogen) atoms. The number of phenolic OH excluding ortho intramolecular Hbond substituents is 1. The largest absolute Gasteiger partial charge is 0.507 e. The Morgan fingerprint density at radius 1 is 0.917 bits per heavy atom. The average molecular weight is 341 g/mol. The van der Waals surface area contributed by atoms with Crippen LogP contribution in [0.1, 0.15) is 0 Å². The van der Waals surface area contributed by atoms with Gasteiger partial charge >= 0.3 is 0 Å². The zero-order chi connectivity index (χ0) is 17.6. The Hall–Kier alpha value is -3.30. The molecule has 0 aliphatic rings. The molecule has 0 amide bonds. The Labute approximate surface area is 130 Å². The fourth-order valence-electron chi connectivity index (χ4n) is 2.26. The first-order chi connectivity index (χ1) is 11.3. The summed E-state index contributed by atoms with van der Waals surface area (Å²) in [6, 6.07) is 1.56. The van der Waals surface area contributed by atoms with Crippen molar-refractivity contribution in [1.29, 1.82) is 0 Å². The summed E-state index contributed by atoms with van der Waals surface area (Å²) in [5.41, 5.74) is -2.73. The smallest absolute Gasteiger partial charge is 0.271 e. The lowest BCUT2D eigenvalue weighted by Gasteiger charge is -2.09. The van der Waals surface area contributed by atoms with Gasteiger partial charge in [-0.15, -0.1) is 0 Å². The second-order valence-electron chi connectivity index (χ2n) is 4.80. The van der Waals surface area contributed by atoms with E-state index in [9.17, 15) is 32.8 Å². The molecule has 0 spiro atoms. The third-order valence-electron chi connectivity index (χ3n) is 3.39. The van der Waals surface area contributed by atoms with Crippen molar-refractivity contribution in [2.75, 3.05) is 0 Å². The van der Waals surface area contributed by atoms with Crippen molar-refractivity contribution in [3.8, 4) is 28.3 Å². The normalized spacial score (nSPS) is 11.0. The number of aromatic nitrogens is 2. The van der Waals surface area contributed by atoms with Crippen molar-refractivity contribution in [3.05, 3.63) is 57.9 Å². The third kappa shape index (κ3) is 2.28. The van der Waals surface area contributed by atoms with Crippen LogP contribution in [0.5, 0.6) is 5.75 Å². The van der Waals surface area contributed by atoms with Crippen LogP contribution in [0.15, 0.2) is 24.5 Å². The number of hydrogen-bond acceptors (Lipinski definition) is 3. The van der Waals surface area contributed by atoms with Gasteiger partial charge in [0.25, 0.3) is 5.69 Å². The first-order valence-corrected chi connectivity index (χ1v) is 6.38. The number of H-pyrrole nitrogens is 2. The lowest BCUT2D eigenvalue weighted by atomic mass is 10.0. The van der Waals surface area contributed by atoms with Gasteiger partial charge in [-0.05, 0) is 0 Å². The number of halogens is 4. The summed E-state index contributed by atoms with van der Waals surface area (Å²) in [6.07, 6.45) is 1.30. The molecule has 3 N–H and O–H groups in total. The lowest BCUT2D eigenvalue weighted by Crippen LogP contribution is -1.94. The van der Waals surface area contributed by atoms with Crippen LogP contribution in [0.3, 0.4) is 0 Å². The highest BCUT2D eigenvalue weighted by molar-refractivity contribution is 5.82. The van der Waals surface area contributed by atoms with Crippen LogP contribution in [-0.4, -0.2) is 20.0 Å². The Morgan fingerprint density at radius 3 is 1.62 bits per heavy atom. The van der Waals surface area contributed by atoms with Gasteiger partial charge in [-0.25, -0.2) is 17.6 Å². The molecule has 0 unspecified atom stereocenters. The predicted octanol–water partition coefficient (Wildman–Crippen LogP) is 3.85. The van der Waals surface area contributed by atoms with E-state index in [2.05, 4.69) is 9.97 Å². The minimum atomic E-state index is -1.38. The number of aromatic amines is 2. The number of non-ortho nitro benzene ring substituents is 1. The van der Waals surface area contributed by atoms with E-state index in [-0.39, 0.29) is 0 Å². The summed E-state index contributed by atoms with van der Waals surface area (Å²) in [5.74, 6) is -6.09. The summed E-state index contributed by atoms with van der Waals surface area (Å²) in [7, 11) is 0. The molecule has 6 nitrogen and oxygen atoms in total. The number of hydrogen-bond donors (Lipinski definition) is 3. The molecule has 0 fully saturated rings. The van der Waals surface area contributed by atoms with E-state index in [0.29, 0.717) is 12.4 Å². The third-order valence-corrected chi connectivity index (χ3v) is 3.39. The van der Waals surface area contributed by atoms with Crippen LogP contribution in [0, 0.1) is 33.4 Å². The summed E-state index contributed by atoms with van der Waals surface area (Å²) < 4.78 is 53.8. The maximum atomic E-state index is 13.7. The number of phenols is 1. The number of nitro benzene ring substituents is 1. The minimum Gasteiger partial charge on any atom is -0.507 e. The molecular weight excluding hydrogens is 334 g/mol. The quantitative estimate of drug-likeness (QED) is 0.384. The van der Waals surface area contributed by atoms with Gasteiger partial charge in [-0.1, -0.05) is 0 Å². The zero-order valence-electron chi connectivity index (χ0n) is 11.5. The van der Waals surface area contributed by atoms with Gasteiger partial charge in [-0.3, -0.25) is 10.1 Å². The Morgan fingerprint density at radius 2 is 1.33 bits per heavy atom. The first-order valence-electron chi connectivity index (χ1n) is 6.38. The molecule has 0 aliphatic heterocycles. The van der Waals surface area contributed by atoms with E-state index in [4.69, 9.17) is 0 Å². The standard InChI is InChI=1S/C14H7F4N3O3/c15-8-3-19-12(10(8)17)6-1-5(21(23)24)2-7(14(6)22)13-11(18)9(16)4-20-13/h1-4,19-20,22H. The van der Waals surface area contributed by atoms with E-state index in [1.807, 2.05) is 0 Å². The predicted molar refractivity (Wildman–Crippen MR) is 74.2 cm³/mol. The van der Waals surface area contributed by atoms with Gasteiger partial charge in [0.15, 0.2) is 23.3 Å². The summed E-state index contributed by atoms with van der Waals surface area (Å²) in [6.45, 7) is 0. The molecule has 3 aromatic rings. The number of benzene rings is 1. The minimum absolute atomic E-state index is 0.477. The molecule has 2 aromatic heterocycles. The molecule has 0 radical (unpaired) electrons. The van der Waals surface area contributed by atoms with Gasteiger partial charge < -0.3 is 15.1 Å². The van der Waals surface area contributed by atoms with Gasteiger partial charge in [0.1, 0.15) is 5.75 Å². The van der Waals surface area contributed by atoms with E-state index in [1.54, 1.807) is 0 Å². The first kappa shape index (κ1) is 15.6. The highest BCUT2D eigenvalue weighted by atomic mass is 19.2. The summed E-state index contributed by atoms with van der Waals surface area (Å²) in [4.78, 5) is 14.5. The molecule has 0 bridgehead atoms. The molecule has 0 saturated heterocycles. The fourth-order valence-corrected chi connectivity index (χ4v) is 2.26. The van der Waals surface area contributed by atoms with E-state index >= 15 is 0 Å². The van der Waals surface area contributed by atoms with Crippen LogP contribution in [0.25, 0.3) is 22.5 Å². The molecule has 1 aromatic carbocycles. The molecule has 0 aliphatic carbocycles. The van der Waals surface area contributed by atoms with Crippen molar-refractivity contribution in [2.24, 2.45) is 0 Å². The topological polar surface area (TPSA) is 94.9 Å². The average Bonchev–Trinajstić information content (AvgIpc) is 3.04. The number of nitrogens with zero attached hydrogens (tertiary/aromatic N) is 1. The van der Waals surface area contributed by atoms with Crippen molar-refractivity contribution in [1.82, 2.24) is 9.97 Å². The molecule has 0 atom stereocenters. The second-order valence-corrected chi connectivity index (χ2v) is 4.80. The number of nitro groups is 1. The maximum absolute atomic E-state index is 13.7. The SMILES string of the molecule is O=[N+]([O-])c1cc(-c2[nH]cc(F)c2F)c(O)c(-c2[nH]cc(F)c2F)c1. The fraction of sp³-hybridized carbons (Fsp3) is 0. The molecule has 124 valence electrons. The van der Waals surface area contributed by atoms with E-state index < -0.39 is 62.1 Å². The number of aromatic hydroxyl groups is 1. The van der Waals surface area contributed by atoms with Crippen molar-refractivity contribution >= 4 is 5.69 Å². The number of rotatable bonds is 3. The second kappa shape index (κ2) is 5.41. The summed E-state index contributed by atoms with van der Waals surface area (Å²) in [5, 5.41) is 21.3. The zero-order valence-corrected chi connectivity index (χ0v) is 11.5. The molecule has 2 heterocycles. The van der Waals surface area contributed by atoms with Crippen molar-refractivity contribution in [3.63, 3.8) is 0 Å². The highest BCUT2D eigenvalue weighted by Gasteiger charge is 2.25. The van der Waals surface area contributed by atoms with Gasteiger partial charge in [-0.2, -0.15) is 0 Å². The van der Waals surface area contributed by atoms with Crippen LogP contribution < -0.4 is 0 Å². The van der Waals surface area contributed by atoms with Crippen LogP contribution in [0.4, 0.5) is 23.2 Å². The van der Waals surface area contributed by atoms with Crippen LogP contribution >= 0.6 is 0 Å². The van der Waals surface area contributed by atoms with Crippen molar-refractivity contribution < 1.29 is 27.6 Å². The molecule has 3 rings (SSSR count). The van der Waals surface area contributed by atoms with E-state index in [0.717, 1.165) is 12.1 Å². The monoisotopic (exact) mass is 341 g/mol. The van der Waals surface area contributed by atoms with Gasteiger partial charge in [0, 0.05) is 24.5 Å². The molecule has 0 saturated carbocycles. The Bertz CT molecular complexity index is 897. The summed E-state index contributed by atoms with van der Waals surface area (Å²) >= 11 is 0. The van der Waals surface area contributed by atoms with Crippen LogP contribution in [-0.2, 0) is 0 Å². The molecular formula is C14H7F4N3O3. The Balaban J connectivity index is 2.33. The van der Waals surface area contributed by atoms with Crippen LogP contribution in [0.2, 0.25) is 0 Å². The molecule has 10 heteroatoms. The van der Waals surface area contributed by atoms with E-state index in [1.165, 1.54) is 0 Å².